The lowest BCUT2D eigenvalue weighted by atomic mass is 10.1. The molecule has 4 nitrogen and oxygen atoms in total. The van der Waals surface area contributed by atoms with E-state index < -0.39 is 15.8 Å². The number of nitrogens with two attached hydrogens (primary N) is 1. The van der Waals surface area contributed by atoms with Crippen molar-refractivity contribution in [2.24, 2.45) is 5.92 Å². The quantitative estimate of drug-likeness (QED) is 0.825. The molecule has 0 aliphatic heterocycles. The van der Waals surface area contributed by atoms with Crippen molar-refractivity contribution in [1.82, 2.24) is 4.72 Å². The Morgan fingerprint density at radius 1 is 1.39 bits per heavy atom. The van der Waals surface area contributed by atoms with E-state index in [1.807, 2.05) is 6.92 Å². The molecule has 1 fully saturated rings. The van der Waals surface area contributed by atoms with Crippen molar-refractivity contribution < 1.29 is 12.8 Å². The van der Waals surface area contributed by atoms with Crippen LogP contribution in [0.25, 0.3) is 0 Å². The monoisotopic (exact) mass is 272 g/mol. The highest BCUT2D eigenvalue weighted by atomic mass is 32.2. The molecule has 1 aromatic rings. The number of halogens is 1. The fraction of sp³-hybridized carbons (Fsp3) is 0.500. The third-order valence-corrected chi connectivity index (χ3v) is 4.98. The lowest BCUT2D eigenvalue weighted by Gasteiger charge is -2.18. The summed E-state index contributed by atoms with van der Waals surface area (Å²) in [6.45, 7) is 2.01. The molecule has 1 aliphatic carbocycles. The average Bonchev–Trinajstić information content (AvgIpc) is 2.67. The topological polar surface area (TPSA) is 72.2 Å². The Bertz CT molecular complexity index is 545. The molecule has 0 amide bonds. The molecule has 1 aliphatic rings. The number of nitrogens with one attached hydrogen (secondary N) is 1. The van der Waals surface area contributed by atoms with Crippen LogP contribution in [-0.2, 0) is 10.0 Å². The summed E-state index contributed by atoms with van der Waals surface area (Å²) in [6.07, 6.45) is 2.83. The number of nitrogen functional groups attached to an aromatic ring is 1. The van der Waals surface area contributed by atoms with Crippen LogP contribution in [0.2, 0.25) is 0 Å². The molecule has 1 saturated carbocycles. The molecule has 2 atom stereocenters. The second-order valence-corrected chi connectivity index (χ2v) is 6.50. The predicted octanol–water partition coefficient (Wildman–Crippen LogP) is 1.87. The normalized spacial score (nSPS) is 24.3. The van der Waals surface area contributed by atoms with Gasteiger partial charge in [0.05, 0.1) is 5.69 Å². The molecule has 6 heteroatoms. The van der Waals surface area contributed by atoms with Gasteiger partial charge in [-0.1, -0.05) is 13.3 Å². The maximum absolute atomic E-state index is 13.1. The Balaban J connectivity index is 2.28. The second-order valence-electron chi connectivity index (χ2n) is 4.82. The predicted molar refractivity (Wildman–Crippen MR) is 67.9 cm³/mol. The Kier molecular flexibility index (Phi) is 3.59. The molecule has 0 saturated heterocycles. The van der Waals surface area contributed by atoms with Gasteiger partial charge in [0, 0.05) is 6.04 Å². The minimum Gasteiger partial charge on any atom is -0.398 e. The van der Waals surface area contributed by atoms with E-state index >= 15 is 0 Å². The molecule has 3 N–H and O–H groups in total. The molecule has 2 rings (SSSR count). The zero-order valence-electron chi connectivity index (χ0n) is 10.2. The number of hydrogen-bond donors (Lipinski definition) is 2. The Labute approximate surface area is 106 Å². The summed E-state index contributed by atoms with van der Waals surface area (Å²) in [7, 11) is -3.74. The van der Waals surface area contributed by atoms with Crippen LogP contribution in [0.4, 0.5) is 10.1 Å². The number of sulfonamides is 1. The molecule has 18 heavy (non-hydrogen) atoms. The molecule has 0 bridgehead atoms. The first-order valence-electron chi connectivity index (χ1n) is 5.97. The molecule has 100 valence electrons. The molecule has 0 spiro atoms. The van der Waals surface area contributed by atoms with Crippen LogP contribution in [0.1, 0.15) is 26.2 Å². The van der Waals surface area contributed by atoms with Gasteiger partial charge in [-0.25, -0.2) is 17.5 Å². The Morgan fingerprint density at radius 3 is 2.72 bits per heavy atom. The van der Waals surface area contributed by atoms with Crippen molar-refractivity contribution >= 4 is 15.7 Å². The summed E-state index contributed by atoms with van der Waals surface area (Å²) >= 11 is 0. The van der Waals surface area contributed by atoms with E-state index in [-0.39, 0.29) is 16.6 Å². The molecule has 1 aromatic carbocycles. The molecule has 2 unspecified atom stereocenters. The fourth-order valence-electron chi connectivity index (χ4n) is 2.32. The average molecular weight is 272 g/mol. The van der Waals surface area contributed by atoms with Gasteiger partial charge >= 0.3 is 0 Å². The van der Waals surface area contributed by atoms with Crippen molar-refractivity contribution in [3.63, 3.8) is 0 Å². The highest BCUT2D eigenvalue weighted by molar-refractivity contribution is 7.89. The van der Waals surface area contributed by atoms with Gasteiger partial charge in [-0.15, -0.1) is 0 Å². The van der Waals surface area contributed by atoms with Gasteiger partial charge in [0.15, 0.2) is 0 Å². The van der Waals surface area contributed by atoms with Crippen molar-refractivity contribution in [2.75, 3.05) is 5.73 Å². The molecular formula is C12H17FN2O2S. The maximum Gasteiger partial charge on any atom is 0.242 e. The van der Waals surface area contributed by atoms with Gasteiger partial charge in [-0.3, -0.25) is 0 Å². The molecule has 0 radical (unpaired) electrons. The second kappa shape index (κ2) is 4.85. The highest BCUT2D eigenvalue weighted by Crippen LogP contribution is 2.27. The van der Waals surface area contributed by atoms with Gasteiger partial charge in [0.1, 0.15) is 10.7 Å². The van der Waals surface area contributed by atoms with Crippen molar-refractivity contribution in [1.29, 1.82) is 0 Å². The summed E-state index contributed by atoms with van der Waals surface area (Å²) in [6, 6.07) is 3.28. The maximum atomic E-state index is 13.1. The number of rotatable bonds is 3. The van der Waals surface area contributed by atoms with Gasteiger partial charge in [0.25, 0.3) is 0 Å². The van der Waals surface area contributed by atoms with E-state index in [9.17, 15) is 12.8 Å². The first-order valence-corrected chi connectivity index (χ1v) is 7.46. The van der Waals surface area contributed by atoms with Crippen LogP contribution < -0.4 is 10.5 Å². The minimum atomic E-state index is -3.74. The Hall–Kier alpha value is -1.14. The summed E-state index contributed by atoms with van der Waals surface area (Å²) in [5, 5.41) is 0. The number of hydrogen-bond acceptors (Lipinski definition) is 3. The van der Waals surface area contributed by atoms with Crippen LogP contribution in [0, 0.1) is 11.7 Å². The van der Waals surface area contributed by atoms with E-state index in [1.54, 1.807) is 0 Å². The summed E-state index contributed by atoms with van der Waals surface area (Å²) in [4.78, 5) is -0.179. The molecule has 0 aromatic heterocycles. The zero-order valence-corrected chi connectivity index (χ0v) is 11.0. The number of benzene rings is 1. The fourth-order valence-corrected chi connectivity index (χ4v) is 3.85. The third-order valence-electron chi connectivity index (χ3n) is 3.43. The lowest BCUT2D eigenvalue weighted by Crippen LogP contribution is -2.36. The van der Waals surface area contributed by atoms with E-state index in [0.717, 1.165) is 31.4 Å². The van der Waals surface area contributed by atoms with Crippen LogP contribution >= 0.6 is 0 Å². The van der Waals surface area contributed by atoms with Crippen molar-refractivity contribution in [3.05, 3.63) is 24.0 Å². The van der Waals surface area contributed by atoms with Gasteiger partial charge < -0.3 is 5.73 Å². The van der Waals surface area contributed by atoms with Crippen molar-refractivity contribution in [3.8, 4) is 0 Å². The standard InChI is InChI=1S/C12H17FN2O2S/c1-8-3-2-4-11(8)15-18(16,17)12-7-9(13)5-6-10(12)14/h5-8,11,15H,2-4,14H2,1H3. The third kappa shape index (κ3) is 2.64. The van der Waals surface area contributed by atoms with E-state index in [1.165, 1.54) is 6.07 Å². The summed E-state index contributed by atoms with van der Waals surface area (Å²) < 4.78 is 40.0. The van der Waals surface area contributed by atoms with Crippen LogP contribution in [-0.4, -0.2) is 14.5 Å². The highest BCUT2D eigenvalue weighted by Gasteiger charge is 2.29. The first-order chi connectivity index (χ1) is 8.40. The van der Waals surface area contributed by atoms with Gasteiger partial charge in [-0.2, -0.15) is 0 Å². The van der Waals surface area contributed by atoms with E-state index in [0.29, 0.717) is 5.92 Å². The van der Waals surface area contributed by atoms with Gasteiger partial charge in [-0.05, 0) is 37.0 Å². The van der Waals surface area contributed by atoms with E-state index in [2.05, 4.69) is 4.72 Å². The number of anilines is 1. The smallest absolute Gasteiger partial charge is 0.242 e. The minimum absolute atomic E-state index is 0.0644. The van der Waals surface area contributed by atoms with Crippen LogP contribution in [0.3, 0.4) is 0 Å². The van der Waals surface area contributed by atoms with Crippen LogP contribution in [0.5, 0.6) is 0 Å². The SMILES string of the molecule is CC1CCCC1NS(=O)(=O)c1cc(F)ccc1N. The molecule has 0 heterocycles. The van der Waals surface area contributed by atoms with Gasteiger partial charge in [0.2, 0.25) is 10.0 Å². The summed E-state index contributed by atoms with van der Waals surface area (Å²) in [5.74, 6) is -0.307. The first kappa shape index (κ1) is 13.3. The van der Waals surface area contributed by atoms with Crippen molar-refractivity contribution in [2.45, 2.75) is 37.1 Å². The lowest BCUT2D eigenvalue weighted by molar-refractivity contribution is 0.476. The Morgan fingerprint density at radius 2 is 2.11 bits per heavy atom. The van der Waals surface area contributed by atoms with Crippen LogP contribution in [0.15, 0.2) is 23.1 Å². The largest absolute Gasteiger partial charge is 0.398 e. The summed E-state index contributed by atoms with van der Waals surface area (Å²) in [5.41, 5.74) is 5.66. The zero-order chi connectivity index (χ0) is 13.3. The van der Waals surface area contributed by atoms with E-state index in [4.69, 9.17) is 5.73 Å². The molecular weight excluding hydrogens is 255 g/mol.